The monoisotopic (exact) mass is 377 g/mol. The van der Waals surface area contributed by atoms with Crippen molar-refractivity contribution in [1.29, 1.82) is 0 Å². The summed E-state index contributed by atoms with van der Waals surface area (Å²) in [5.74, 6) is 1.25. The molecule has 7 heteroatoms. The number of oxazole rings is 1. The molecule has 0 saturated heterocycles. The van der Waals surface area contributed by atoms with E-state index in [1.54, 1.807) is 10.9 Å². The second-order valence-corrected chi connectivity index (χ2v) is 7.38. The van der Waals surface area contributed by atoms with Crippen LogP contribution in [0, 0.1) is 20.8 Å². The first-order chi connectivity index (χ1) is 13.1. The molecule has 27 heavy (non-hydrogen) atoms. The van der Waals surface area contributed by atoms with Gasteiger partial charge in [0, 0.05) is 11.3 Å². The number of nitrogens with zero attached hydrogens (tertiary/aromatic N) is 5. The molecule has 0 bridgehead atoms. The molecule has 0 N–H and O–H groups in total. The molecule has 0 atom stereocenters. The van der Waals surface area contributed by atoms with Gasteiger partial charge in [0.25, 0.3) is 0 Å². The second kappa shape index (κ2) is 7.36. The van der Waals surface area contributed by atoms with Gasteiger partial charge in [0.1, 0.15) is 6.26 Å². The van der Waals surface area contributed by atoms with Crippen molar-refractivity contribution in [1.82, 2.24) is 25.2 Å². The van der Waals surface area contributed by atoms with Gasteiger partial charge < -0.3 is 4.42 Å². The average molecular weight is 377 g/mol. The zero-order chi connectivity index (χ0) is 18.8. The first-order valence-corrected chi connectivity index (χ1v) is 9.59. The molecule has 4 rings (SSSR count). The van der Waals surface area contributed by atoms with Gasteiger partial charge in [-0.2, -0.15) is 4.68 Å². The van der Waals surface area contributed by atoms with E-state index in [2.05, 4.69) is 53.4 Å². The van der Waals surface area contributed by atoms with Crippen LogP contribution in [0.2, 0.25) is 0 Å². The van der Waals surface area contributed by atoms with E-state index in [1.165, 1.54) is 28.5 Å². The topological polar surface area (TPSA) is 69.6 Å². The maximum Gasteiger partial charge on any atom is 0.226 e. The summed E-state index contributed by atoms with van der Waals surface area (Å²) in [5, 5.41) is 12.8. The van der Waals surface area contributed by atoms with Crippen LogP contribution < -0.4 is 0 Å². The van der Waals surface area contributed by atoms with Crippen LogP contribution in [0.15, 0.2) is 58.3 Å². The fourth-order valence-electron chi connectivity index (χ4n) is 2.63. The number of rotatable bonds is 5. The maximum atomic E-state index is 5.62. The summed E-state index contributed by atoms with van der Waals surface area (Å²) in [7, 11) is 0. The third kappa shape index (κ3) is 3.78. The number of thioether (sulfide) groups is 1. The molecule has 0 aliphatic carbocycles. The van der Waals surface area contributed by atoms with Crippen molar-refractivity contribution >= 4 is 11.8 Å². The van der Waals surface area contributed by atoms with Gasteiger partial charge in [0.05, 0.1) is 11.4 Å². The van der Waals surface area contributed by atoms with E-state index in [0.29, 0.717) is 11.6 Å². The Morgan fingerprint density at radius 3 is 2.59 bits per heavy atom. The molecule has 6 nitrogen and oxygen atoms in total. The van der Waals surface area contributed by atoms with Crippen molar-refractivity contribution in [3.63, 3.8) is 0 Å². The number of aromatic nitrogens is 5. The standard InChI is InChI=1S/C20H19N5OS/c1-13-4-7-16(8-5-13)19-21-17(11-26-19)12-27-20-22-23-24-25(20)18-9-6-14(2)15(3)10-18/h4-11H,12H2,1-3H3. The number of hydrogen-bond donors (Lipinski definition) is 0. The van der Waals surface area contributed by atoms with Gasteiger partial charge in [0.2, 0.25) is 11.0 Å². The van der Waals surface area contributed by atoms with E-state index in [4.69, 9.17) is 4.42 Å². The third-order valence-corrected chi connectivity index (χ3v) is 5.33. The zero-order valence-corrected chi connectivity index (χ0v) is 16.2. The molecule has 0 radical (unpaired) electrons. The van der Waals surface area contributed by atoms with Crippen LogP contribution >= 0.6 is 11.8 Å². The lowest BCUT2D eigenvalue weighted by Crippen LogP contribution is -2.00. The molecular weight excluding hydrogens is 358 g/mol. The molecule has 0 spiro atoms. The van der Waals surface area contributed by atoms with E-state index in [9.17, 15) is 0 Å². The molecule has 2 aromatic heterocycles. The fourth-order valence-corrected chi connectivity index (χ4v) is 3.40. The lowest BCUT2D eigenvalue weighted by atomic mass is 10.1. The highest BCUT2D eigenvalue weighted by molar-refractivity contribution is 7.98. The van der Waals surface area contributed by atoms with Crippen LogP contribution in [-0.2, 0) is 5.75 Å². The molecule has 4 aromatic rings. The van der Waals surface area contributed by atoms with Crippen molar-refractivity contribution in [3.8, 4) is 17.1 Å². The lowest BCUT2D eigenvalue weighted by Gasteiger charge is -2.06. The molecule has 2 aromatic carbocycles. The van der Waals surface area contributed by atoms with Gasteiger partial charge in [-0.3, -0.25) is 0 Å². The smallest absolute Gasteiger partial charge is 0.226 e. The quantitative estimate of drug-likeness (QED) is 0.476. The van der Waals surface area contributed by atoms with Gasteiger partial charge in [-0.05, 0) is 66.6 Å². The lowest BCUT2D eigenvalue weighted by molar-refractivity contribution is 0.573. The van der Waals surface area contributed by atoms with E-state index < -0.39 is 0 Å². The predicted molar refractivity (Wildman–Crippen MR) is 105 cm³/mol. The molecular formula is C20H19N5OS. The second-order valence-electron chi connectivity index (χ2n) is 6.44. The zero-order valence-electron chi connectivity index (χ0n) is 15.4. The van der Waals surface area contributed by atoms with E-state index in [1.807, 2.05) is 30.3 Å². The number of aryl methyl sites for hydroxylation is 3. The van der Waals surface area contributed by atoms with E-state index in [-0.39, 0.29) is 0 Å². The molecule has 0 saturated carbocycles. The Hall–Kier alpha value is -2.93. The number of benzene rings is 2. The summed E-state index contributed by atoms with van der Waals surface area (Å²) in [5.41, 5.74) is 6.43. The Labute approximate surface area is 161 Å². The normalized spacial score (nSPS) is 11.1. The van der Waals surface area contributed by atoms with Gasteiger partial charge in [-0.25, -0.2) is 4.98 Å². The highest BCUT2D eigenvalue weighted by atomic mass is 32.2. The first-order valence-electron chi connectivity index (χ1n) is 8.60. The minimum absolute atomic E-state index is 0.624. The molecule has 0 amide bonds. The maximum absolute atomic E-state index is 5.62. The summed E-state index contributed by atoms with van der Waals surface area (Å²) < 4.78 is 7.37. The minimum atomic E-state index is 0.624. The fraction of sp³-hybridized carbons (Fsp3) is 0.200. The first kappa shape index (κ1) is 17.5. The van der Waals surface area contributed by atoms with Crippen molar-refractivity contribution < 1.29 is 4.42 Å². The van der Waals surface area contributed by atoms with Gasteiger partial charge in [0.15, 0.2) is 0 Å². The van der Waals surface area contributed by atoms with E-state index >= 15 is 0 Å². The molecule has 136 valence electrons. The van der Waals surface area contributed by atoms with Crippen LogP contribution in [0.25, 0.3) is 17.1 Å². The van der Waals surface area contributed by atoms with Gasteiger partial charge >= 0.3 is 0 Å². The molecule has 0 aliphatic heterocycles. The van der Waals surface area contributed by atoms with Crippen molar-refractivity contribution in [3.05, 3.63) is 71.1 Å². The van der Waals surface area contributed by atoms with Crippen LogP contribution in [-0.4, -0.2) is 25.2 Å². The number of hydrogen-bond acceptors (Lipinski definition) is 6. The Morgan fingerprint density at radius 2 is 1.81 bits per heavy atom. The summed E-state index contributed by atoms with van der Waals surface area (Å²) >= 11 is 1.53. The van der Waals surface area contributed by atoms with Crippen molar-refractivity contribution in [2.75, 3.05) is 0 Å². The van der Waals surface area contributed by atoms with Crippen molar-refractivity contribution in [2.45, 2.75) is 31.7 Å². The summed E-state index contributed by atoms with van der Waals surface area (Å²) in [6.07, 6.45) is 1.69. The van der Waals surface area contributed by atoms with Crippen LogP contribution in [0.4, 0.5) is 0 Å². The minimum Gasteiger partial charge on any atom is -0.444 e. The summed E-state index contributed by atoms with van der Waals surface area (Å²) in [4.78, 5) is 4.57. The Morgan fingerprint density at radius 1 is 1.00 bits per heavy atom. The molecule has 0 unspecified atom stereocenters. The summed E-state index contributed by atoms with van der Waals surface area (Å²) in [6.45, 7) is 6.23. The average Bonchev–Trinajstić information content (AvgIpc) is 3.32. The van der Waals surface area contributed by atoms with Crippen LogP contribution in [0.1, 0.15) is 22.4 Å². The van der Waals surface area contributed by atoms with Crippen molar-refractivity contribution in [2.24, 2.45) is 0 Å². The van der Waals surface area contributed by atoms with Gasteiger partial charge in [-0.1, -0.05) is 35.5 Å². The number of tetrazole rings is 1. The van der Waals surface area contributed by atoms with Crippen LogP contribution in [0.5, 0.6) is 0 Å². The highest BCUT2D eigenvalue weighted by Gasteiger charge is 2.12. The summed E-state index contributed by atoms with van der Waals surface area (Å²) in [6, 6.07) is 14.3. The molecule has 2 heterocycles. The Bertz CT molecular complexity index is 1070. The Kier molecular flexibility index (Phi) is 4.77. The predicted octanol–water partition coefficient (Wildman–Crippen LogP) is 4.53. The largest absolute Gasteiger partial charge is 0.444 e. The molecule has 0 fully saturated rings. The highest BCUT2D eigenvalue weighted by Crippen LogP contribution is 2.25. The Balaban J connectivity index is 1.49. The third-order valence-electron chi connectivity index (χ3n) is 4.38. The van der Waals surface area contributed by atoms with E-state index in [0.717, 1.165) is 22.1 Å². The van der Waals surface area contributed by atoms with Gasteiger partial charge in [-0.15, -0.1) is 5.10 Å². The SMILES string of the molecule is Cc1ccc(-c2nc(CSc3nnnn3-c3ccc(C)c(C)c3)co2)cc1. The molecule has 0 aliphatic rings. The van der Waals surface area contributed by atoms with Crippen LogP contribution in [0.3, 0.4) is 0 Å².